The van der Waals surface area contributed by atoms with Crippen LogP contribution in [0.15, 0.2) is 182 Å². The van der Waals surface area contributed by atoms with Crippen LogP contribution in [0.4, 0.5) is 0 Å². The van der Waals surface area contributed by atoms with Crippen molar-refractivity contribution in [2.24, 2.45) is 0 Å². The fraction of sp³-hybridized carbons (Fsp3) is 0.107. The SMILES string of the molecule is CC1(C)c2ccccc2-c2cc(-c3c4ccccc4c(-c4ccccc4-c4ccccc4)c4ccc(-c5ccc6c(c5)C(C)(C)c5ccccc5-6)cc34)ccc21. The zero-order valence-electron chi connectivity index (χ0n) is 32.3. The molecule has 0 atom stereocenters. The maximum Gasteiger partial charge on any atom is 0.0159 e. The van der Waals surface area contributed by atoms with Gasteiger partial charge in [-0.1, -0.05) is 191 Å². The van der Waals surface area contributed by atoms with Crippen LogP contribution in [0.2, 0.25) is 0 Å². The summed E-state index contributed by atoms with van der Waals surface area (Å²) in [6.07, 6.45) is 0. The molecule has 56 heavy (non-hydrogen) atoms. The number of fused-ring (bicyclic) bond motifs is 8. The normalized spacial score (nSPS) is 14.4. The van der Waals surface area contributed by atoms with Crippen molar-refractivity contribution in [2.45, 2.75) is 38.5 Å². The lowest BCUT2D eigenvalue weighted by molar-refractivity contribution is 0.660. The van der Waals surface area contributed by atoms with E-state index in [0.717, 1.165) is 0 Å². The van der Waals surface area contributed by atoms with Crippen molar-refractivity contribution in [1.29, 1.82) is 0 Å². The second-order valence-electron chi connectivity index (χ2n) is 16.8. The Balaban J connectivity index is 1.21. The van der Waals surface area contributed by atoms with E-state index in [1.807, 2.05) is 0 Å². The van der Waals surface area contributed by atoms with E-state index in [-0.39, 0.29) is 10.8 Å². The first-order chi connectivity index (χ1) is 27.3. The standard InChI is InChI=1S/C56H42/c1-55(2)50-25-15-13-20-41(50)47-33-38(28-31-51(47)55)53-44-22-10-11-23-45(44)54(43-21-9-8-18-39(43)35-16-6-5-7-17-35)46-30-27-36(32-48(46)53)37-26-29-42-40-19-12-14-24-49(40)56(3,4)52(42)34-37/h5-34H,1-4H3. The molecule has 11 rings (SSSR count). The van der Waals surface area contributed by atoms with Gasteiger partial charge in [0, 0.05) is 10.8 Å². The van der Waals surface area contributed by atoms with Crippen molar-refractivity contribution >= 4 is 21.5 Å². The summed E-state index contributed by atoms with van der Waals surface area (Å²) in [5.74, 6) is 0. The molecule has 2 aliphatic carbocycles. The lowest BCUT2D eigenvalue weighted by atomic mass is 9.80. The van der Waals surface area contributed by atoms with Gasteiger partial charge in [0.15, 0.2) is 0 Å². The largest absolute Gasteiger partial charge is 0.0622 e. The number of benzene rings is 9. The first-order valence-corrected chi connectivity index (χ1v) is 19.9. The highest BCUT2D eigenvalue weighted by Crippen LogP contribution is 2.53. The Morgan fingerprint density at radius 3 is 1.46 bits per heavy atom. The van der Waals surface area contributed by atoms with Gasteiger partial charge in [-0.2, -0.15) is 0 Å². The molecule has 9 aromatic carbocycles. The van der Waals surface area contributed by atoms with Crippen LogP contribution in [0.5, 0.6) is 0 Å². The minimum absolute atomic E-state index is 0.0478. The molecule has 0 N–H and O–H groups in total. The van der Waals surface area contributed by atoms with Gasteiger partial charge in [0.2, 0.25) is 0 Å². The zero-order chi connectivity index (χ0) is 37.8. The average Bonchev–Trinajstić information content (AvgIpc) is 3.61. The van der Waals surface area contributed by atoms with Crippen LogP contribution in [0.25, 0.3) is 88.3 Å². The Bertz CT molecular complexity index is 3060. The summed E-state index contributed by atoms with van der Waals surface area (Å²) >= 11 is 0. The summed E-state index contributed by atoms with van der Waals surface area (Å²) < 4.78 is 0. The van der Waals surface area contributed by atoms with Gasteiger partial charge in [0.1, 0.15) is 0 Å². The molecular formula is C56H42. The molecule has 0 heterocycles. The molecule has 266 valence electrons. The number of hydrogen-bond donors (Lipinski definition) is 0. The Morgan fingerprint density at radius 2 is 0.732 bits per heavy atom. The van der Waals surface area contributed by atoms with Gasteiger partial charge < -0.3 is 0 Å². The molecule has 0 fully saturated rings. The maximum atomic E-state index is 2.48. The Hall–Kier alpha value is -6.50. The molecule has 0 bridgehead atoms. The van der Waals surface area contributed by atoms with Crippen molar-refractivity contribution in [2.75, 3.05) is 0 Å². The van der Waals surface area contributed by atoms with E-state index in [0.29, 0.717) is 0 Å². The topological polar surface area (TPSA) is 0 Å². The van der Waals surface area contributed by atoms with Gasteiger partial charge in [-0.25, -0.2) is 0 Å². The first-order valence-electron chi connectivity index (χ1n) is 19.9. The van der Waals surface area contributed by atoms with Crippen molar-refractivity contribution in [1.82, 2.24) is 0 Å². The van der Waals surface area contributed by atoms with Crippen LogP contribution >= 0.6 is 0 Å². The summed E-state index contributed by atoms with van der Waals surface area (Å²) in [6, 6.07) is 68.4. The monoisotopic (exact) mass is 714 g/mol. The molecule has 0 aliphatic heterocycles. The molecule has 0 unspecified atom stereocenters. The van der Waals surface area contributed by atoms with E-state index in [2.05, 4.69) is 210 Å². The van der Waals surface area contributed by atoms with Gasteiger partial charge in [-0.15, -0.1) is 0 Å². The second kappa shape index (κ2) is 12.0. The smallest absolute Gasteiger partial charge is 0.0159 e. The summed E-state index contributed by atoms with van der Waals surface area (Å²) in [5, 5.41) is 5.07. The third kappa shape index (κ3) is 4.66. The van der Waals surface area contributed by atoms with Crippen LogP contribution in [-0.4, -0.2) is 0 Å². The molecule has 0 saturated carbocycles. The van der Waals surface area contributed by atoms with Crippen LogP contribution in [0.3, 0.4) is 0 Å². The van der Waals surface area contributed by atoms with E-state index in [4.69, 9.17) is 0 Å². The summed E-state index contributed by atoms with van der Waals surface area (Å²) in [5.41, 5.74) is 20.9. The summed E-state index contributed by atoms with van der Waals surface area (Å²) in [4.78, 5) is 0. The lowest BCUT2D eigenvalue weighted by Crippen LogP contribution is -2.14. The quantitative estimate of drug-likeness (QED) is 0.159. The zero-order valence-corrected chi connectivity index (χ0v) is 32.3. The molecule has 2 aliphatic rings. The first kappa shape index (κ1) is 32.9. The Kier molecular flexibility index (Phi) is 7.05. The maximum absolute atomic E-state index is 2.48. The van der Waals surface area contributed by atoms with E-state index in [1.165, 1.54) is 111 Å². The number of rotatable bonds is 4. The second-order valence-corrected chi connectivity index (χ2v) is 16.8. The Labute approximate surface area is 329 Å². The average molecular weight is 715 g/mol. The van der Waals surface area contributed by atoms with Gasteiger partial charge >= 0.3 is 0 Å². The van der Waals surface area contributed by atoms with E-state index in [9.17, 15) is 0 Å². The van der Waals surface area contributed by atoms with Gasteiger partial charge in [0.05, 0.1) is 0 Å². The van der Waals surface area contributed by atoms with Crippen molar-refractivity contribution < 1.29 is 0 Å². The van der Waals surface area contributed by atoms with Crippen molar-refractivity contribution in [3.8, 4) is 66.8 Å². The number of hydrogen-bond acceptors (Lipinski definition) is 0. The molecule has 0 aromatic heterocycles. The molecule has 0 spiro atoms. The predicted molar refractivity (Wildman–Crippen MR) is 238 cm³/mol. The molecular weight excluding hydrogens is 673 g/mol. The third-order valence-corrected chi connectivity index (χ3v) is 13.1. The van der Waals surface area contributed by atoms with E-state index < -0.39 is 0 Å². The van der Waals surface area contributed by atoms with Gasteiger partial charge in [-0.05, 0) is 129 Å². The van der Waals surface area contributed by atoms with E-state index in [1.54, 1.807) is 0 Å². The molecule has 0 nitrogen and oxygen atoms in total. The fourth-order valence-corrected chi connectivity index (χ4v) is 10.3. The van der Waals surface area contributed by atoms with Gasteiger partial charge in [0.25, 0.3) is 0 Å². The molecule has 9 aromatic rings. The van der Waals surface area contributed by atoms with Crippen molar-refractivity contribution in [3.05, 3.63) is 204 Å². The third-order valence-electron chi connectivity index (χ3n) is 13.1. The highest BCUT2D eigenvalue weighted by atomic mass is 14.4. The summed E-state index contributed by atoms with van der Waals surface area (Å²) in [6.45, 7) is 9.47. The highest BCUT2D eigenvalue weighted by Gasteiger charge is 2.36. The van der Waals surface area contributed by atoms with Crippen molar-refractivity contribution in [3.63, 3.8) is 0 Å². The Morgan fingerprint density at radius 1 is 0.250 bits per heavy atom. The minimum Gasteiger partial charge on any atom is -0.0622 e. The lowest BCUT2D eigenvalue weighted by Gasteiger charge is -2.23. The van der Waals surface area contributed by atoms with Crippen LogP contribution in [0, 0.1) is 0 Å². The predicted octanol–water partition coefficient (Wildman–Crippen LogP) is 15.3. The molecule has 0 saturated heterocycles. The van der Waals surface area contributed by atoms with E-state index >= 15 is 0 Å². The fourth-order valence-electron chi connectivity index (χ4n) is 10.3. The molecule has 0 amide bonds. The van der Waals surface area contributed by atoms with Crippen LogP contribution < -0.4 is 0 Å². The molecule has 0 heteroatoms. The summed E-state index contributed by atoms with van der Waals surface area (Å²) in [7, 11) is 0. The highest BCUT2D eigenvalue weighted by molar-refractivity contribution is 6.23. The van der Waals surface area contributed by atoms with Crippen LogP contribution in [0.1, 0.15) is 49.9 Å². The van der Waals surface area contributed by atoms with Gasteiger partial charge in [-0.3, -0.25) is 0 Å². The molecule has 0 radical (unpaired) electrons. The van der Waals surface area contributed by atoms with Crippen LogP contribution in [-0.2, 0) is 10.8 Å². The minimum atomic E-state index is -0.0665.